The summed E-state index contributed by atoms with van der Waals surface area (Å²) in [6.07, 6.45) is 5.50. The van der Waals surface area contributed by atoms with Crippen LogP contribution >= 0.6 is 0 Å². The van der Waals surface area contributed by atoms with Crippen LogP contribution in [0, 0.1) is 0 Å². The van der Waals surface area contributed by atoms with Crippen LogP contribution in [0.4, 0.5) is 0 Å². The van der Waals surface area contributed by atoms with Crippen molar-refractivity contribution < 1.29 is 19.4 Å². The predicted molar refractivity (Wildman–Crippen MR) is 67.3 cm³/mol. The smallest absolute Gasteiger partial charge is 0.303 e. The Morgan fingerprint density at radius 2 is 2.11 bits per heavy atom. The Morgan fingerprint density at radius 1 is 1.33 bits per heavy atom. The summed E-state index contributed by atoms with van der Waals surface area (Å²) in [5.74, 6) is -0.735. The lowest BCUT2D eigenvalue weighted by Gasteiger charge is -2.23. The molecule has 5 heteroatoms. The molecule has 1 heterocycles. The summed E-state index contributed by atoms with van der Waals surface area (Å²) in [6, 6.07) is 0. The van der Waals surface area contributed by atoms with Gasteiger partial charge in [0.1, 0.15) is 0 Å². The molecule has 1 amide bonds. The molecule has 0 spiro atoms. The molecule has 1 rings (SSSR count). The molecule has 0 aromatic rings. The highest BCUT2D eigenvalue weighted by molar-refractivity contribution is 5.75. The van der Waals surface area contributed by atoms with Crippen LogP contribution in [0.2, 0.25) is 0 Å². The third-order valence-electron chi connectivity index (χ3n) is 3.26. The van der Waals surface area contributed by atoms with Crippen molar-refractivity contribution in [3.05, 3.63) is 0 Å². The zero-order valence-corrected chi connectivity index (χ0v) is 11.1. The van der Waals surface area contributed by atoms with Gasteiger partial charge in [0, 0.05) is 33.0 Å². The van der Waals surface area contributed by atoms with E-state index in [1.54, 1.807) is 11.9 Å². The van der Waals surface area contributed by atoms with E-state index in [1.165, 1.54) is 6.42 Å². The molecule has 0 saturated carbocycles. The lowest BCUT2D eigenvalue weighted by Crippen LogP contribution is -2.29. The number of aliphatic carboxylic acids is 1. The number of hydrogen-bond acceptors (Lipinski definition) is 3. The van der Waals surface area contributed by atoms with Crippen molar-refractivity contribution in [2.45, 2.75) is 51.0 Å². The molecular formula is C13H23NO4. The van der Waals surface area contributed by atoms with Gasteiger partial charge in [0.15, 0.2) is 0 Å². The van der Waals surface area contributed by atoms with E-state index in [0.29, 0.717) is 19.4 Å². The Balaban J connectivity index is 2.12. The lowest BCUT2D eigenvalue weighted by molar-refractivity contribution is -0.138. The first-order valence-corrected chi connectivity index (χ1v) is 6.67. The molecule has 1 aliphatic heterocycles. The van der Waals surface area contributed by atoms with E-state index >= 15 is 0 Å². The molecule has 1 saturated heterocycles. The monoisotopic (exact) mass is 257 g/mol. The third kappa shape index (κ3) is 6.00. The number of carboxylic acid groups (broad SMARTS) is 1. The van der Waals surface area contributed by atoms with Crippen molar-refractivity contribution in [2.24, 2.45) is 0 Å². The van der Waals surface area contributed by atoms with Gasteiger partial charge < -0.3 is 14.7 Å². The van der Waals surface area contributed by atoms with Crippen LogP contribution in [0.15, 0.2) is 0 Å². The van der Waals surface area contributed by atoms with Crippen LogP contribution < -0.4 is 0 Å². The second-order valence-corrected chi connectivity index (χ2v) is 4.84. The number of hydrogen-bond donors (Lipinski definition) is 1. The SMILES string of the molecule is CN(CCCC(=O)O)C(=O)CCC1CCCCO1. The Morgan fingerprint density at radius 3 is 2.72 bits per heavy atom. The van der Waals surface area contributed by atoms with E-state index in [4.69, 9.17) is 9.84 Å². The normalized spacial score (nSPS) is 19.5. The van der Waals surface area contributed by atoms with Gasteiger partial charge in [-0.25, -0.2) is 0 Å². The van der Waals surface area contributed by atoms with E-state index < -0.39 is 5.97 Å². The molecule has 0 aromatic carbocycles. The first-order chi connectivity index (χ1) is 8.59. The highest BCUT2D eigenvalue weighted by atomic mass is 16.5. The summed E-state index contributed by atoms with van der Waals surface area (Å²) in [4.78, 5) is 23.8. The van der Waals surface area contributed by atoms with Gasteiger partial charge in [-0.05, 0) is 32.1 Å². The molecule has 0 aromatic heterocycles. The molecule has 0 aliphatic carbocycles. The van der Waals surface area contributed by atoms with Crippen molar-refractivity contribution in [1.82, 2.24) is 4.90 Å². The number of rotatable bonds is 7. The molecule has 0 radical (unpaired) electrons. The van der Waals surface area contributed by atoms with Crippen LogP contribution in [-0.2, 0) is 14.3 Å². The van der Waals surface area contributed by atoms with Crippen molar-refractivity contribution in [2.75, 3.05) is 20.2 Å². The van der Waals surface area contributed by atoms with Crippen molar-refractivity contribution >= 4 is 11.9 Å². The summed E-state index contributed by atoms with van der Waals surface area (Å²) in [6.45, 7) is 1.32. The topological polar surface area (TPSA) is 66.8 Å². The van der Waals surface area contributed by atoms with Crippen LogP contribution in [0.1, 0.15) is 44.9 Å². The van der Waals surface area contributed by atoms with Gasteiger partial charge >= 0.3 is 5.97 Å². The fourth-order valence-corrected chi connectivity index (χ4v) is 2.10. The first kappa shape index (κ1) is 15.0. The predicted octanol–water partition coefficient (Wildman–Crippen LogP) is 1.66. The van der Waals surface area contributed by atoms with E-state index in [2.05, 4.69) is 0 Å². The molecule has 1 unspecified atom stereocenters. The van der Waals surface area contributed by atoms with E-state index in [-0.39, 0.29) is 18.4 Å². The Kier molecular flexibility index (Phi) is 6.72. The largest absolute Gasteiger partial charge is 0.481 e. The Labute approximate surface area is 108 Å². The van der Waals surface area contributed by atoms with Gasteiger partial charge in [-0.3, -0.25) is 9.59 Å². The number of carboxylic acids is 1. The third-order valence-corrected chi connectivity index (χ3v) is 3.26. The highest BCUT2D eigenvalue weighted by Crippen LogP contribution is 2.17. The van der Waals surface area contributed by atoms with Gasteiger partial charge in [0.2, 0.25) is 5.91 Å². The molecule has 1 fully saturated rings. The van der Waals surface area contributed by atoms with Crippen LogP contribution in [0.3, 0.4) is 0 Å². The fourth-order valence-electron chi connectivity index (χ4n) is 2.10. The molecule has 104 valence electrons. The summed E-state index contributed by atoms with van der Waals surface area (Å²) >= 11 is 0. The number of nitrogens with zero attached hydrogens (tertiary/aromatic N) is 1. The molecule has 0 bridgehead atoms. The second kappa shape index (κ2) is 8.08. The summed E-state index contributed by atoms with van der Waals surface area (Å²) in [5.41, 5.74) is 0. The summed E-state index contributed by atoms with van der Waals surface area (Å²) in [5, 5.41) is 8.52. The number of amides is 1. The number of ether oxygens (including phenoxy) is 1. The quantitative estimate of drug-likeness (QED) is 0.753. The van der Waals surface area contributed by atoms with E-state index in [9.17, 15) is 9.59 Å². The number of carbonyl (C=O) groups excluding carboxylic acids is 1. The maximum Gasteiger partial charge on any atom is 0.303 e. The average molecular weight is 257 g/mol. The van der Waals surface area contributed by atoms with Crippen LogP contribution in [0.5, 0.6) is 0 Å². The summed E-state index contributed by atoms with van der Waals surface area (Å²) in [7, 11) is 1.73. The van der Waals surface area contributed by atoms with Gasteiger partial charge in [0.25, 0.3) is 0 Å². The first-order valence-electron chi connectivity index (χ1n) is 6.67. The van der Waals surface area contributed by atoms with Crippen molar-refractivity contribution in [3.8, 4) is 0 Å². The standard InChI is InChI=1S/C13H23NO4/c1-14(9-4-6-13(16)17)12(15)8-7-11-5-2-3-10-18-11/h11H,2-10H2,1H3,(H,16,17). The van der Waals surface area contributed by atoms with Crippen molar-refractivity contribution in [3.63, 3.8) is 0 Å². The molecule has 18 heavy (non-hydrogen) atoms. The zero-order valence-electron chi connectivity index (χ0n) is 11.1. The van der Waals surface area contributed by atoms with Crippen LogP contribution in [0.25, 0.3) is 0 Å². The lowest BCUT2D eigenvalue weighted by atomic mass is 10.0. The van der Waals surface area contributed by atoms with Gasteiger partial charge in [-0.2, -0.15) is 0 Å². The fraction of sp³-hybridized carbons (Fsp3) is 0.846. The minimum absolute atomic E-state index is 0.0783. The van der Waals surface area contributed by atoms with Gasteiger partial charge in [-0.1, -0.05) is 0 Å². The number of carbonyl (C=O) groups is 2. The molecule has 5 nitrogen and oxygen atoms in total. The average Bonchev–Trinajstić information content (AvgIpc) is 2.36. The van der Waals surface area contributed by atoms with Gasteiger partial charge in [0.05, 0.1) is 6.10 Å². The summed E-state index contributed by atoms with van der Waals surface area (Å²) < 4.78 is 5.57. The molecular weight excluding hydrogens is 234 g/mol. The maximum absolute atomic E-state index is 11.8. The Hall–Kier alpha value is -1.10. The Bertz CT molecular complexity index is 274. The minimum atomic E-state index is -0.813. The van der Waals surface area contributed by atoms with Crippen molar-refractivity contribution in [1.29, 1.82) is 0 Å². The minimum Gasteiger partial charge on any atom is -0.481 e. The van der Waals surface area contributed by atoms with Gasteiger partial charge in [-0.15, -0.1) is 0 Å². The zero-order chi connectivity index (χ0) is 13.4. The van der Waals surface area contributed by atoms with Crippen LogP contribution in [-0.4, -0.2) is 48.2 Å². The maximum atomic E-state index is 11.8. The highest BCUT2D eigenvalue weighted by Gasteiger charge is 2.16. The molecule has 1 atom stereocenters. The molecule has 1 aliphatic rings. The second-order valence-electron chi connectivity index (χ2n) is 4.84. The van der Waals surface area contributed by atoms with E-state index in [1.807, 2.05) is 0 Å². The van der Waals surface area contributed by atoms with E-state index in [0.717, 1.165) is 25.9 Å². The molecule has 1 N–H and O–H groups in total.